The second-order valence-corrected chi connectivity index (χ2v) is 4.19. The van der Waals surface area contributed by atoms with E-state index in [1.807, 2.05) is 4.68 Å². The third kappa shape index (κ3) is 1.94. The summed E-state index contributed by atoms with van der Waals surface area (Å²) in [4.78, 5) is 2.42. The van der Waals surface area contributed by atoms with Gasteiger partial charge in [0.15, 0.2) is 0 Å². The molecule has 0 amide bonds. The molecule has 0 spiro atoms. The number of aromatic nitrogens is 2. The predicted molar refractivity (Wildman–Crippen MR) is 57.8 cm³/mol. The van der Waals surface area contributed by atoms with Crippen molar-refractivity contribution in [3.8, 4) is 0 Å². The Morgan fingerprint density at radius 3 is 2.86 bits per heavy atom. The van der Waals surface area contributed by atoms with Gasteiger partial charge < -0.3 is 0 Å². The summed E-state index contributed by atoms with van der Waals surface area (Å²) in [5, 5.41) is 10.8. The lowest BCUT2D eigenvalue weighted by molar-refractivity contribution is 0.167. The Bertz CT molecular complexity index is 306. The lowest BCUT2D eigenvalue weighted by Gasteiger charge is -2.30. The van der Waals surface area contributed by atoms with Crippen LogP contribution in [0.1, 0.15) is 19.0 Å². The molecule has 0 saturated carbocycles. The molecule has 5 heteroatoms. The lowest BCUT2D eigenvalue weighted by Crippen LogP contribution is -2.36. The minimum atomic E-state index is 0.919. The van der Waals surface area contributed by atoms with Crippen LogP contribution in [0.4, 0.5) is 0 Å². The highest BCUT2D eigenvalue weighted by molar-refractivity contribution is 7.97. The summed E-state index contributed by atoms with van der Waals surface area (Å²) in [5.41, 5.74) is 1.28. The molecule has 4 nitrogen and oxygen atoms in total. The molecule has 2 N–H and O–H groups in total. The van der Waals surface area contributed by atoms with Crippen LogP contribution < -0.4 is 5.14 Å². The van der Waals surface area contributed by atoms with Crippen LogP contribution in [0.2, 0.25) is 0 Å². The van der Waals surface area contributed by atoms with Gasteiger partial charge in [-0.15, -0.1) is 0 Å². The van der Waals surface area contributed by atoms with E-state index in [1.165, 1.54) is 37.2 Å². The van der Waals surface area contributed by atoms with Crippen LogP contribution in [-0.2, 0) is 13.1 Å². The molecule has 0 aromatic carbocycles. The molecule has 0 bridgehead atoms. The molecule has 78 valence electrons. The number of rotatable bonds is 4. The average molecular weight is 212 g/mol. The van der Waals surface area contributed by atoms with Crippen molar-refractivity contribution in [2.45, 2.75) is 31.5 Å². The number of hydrogen-bond acceptors (Lipinski definition) is 4. The molecule has 1 aromatic heterocycles. The Morgan fingerprint density at radius 2 is 2.36 bits per heavy atom. The van der Waals surface area contributed by atoms with Crippen molar-refractivity contribution in [1.82, 2.24) is 14.7 Å². The first-order valence-corrected chi connectivity index (χ1v) is 5.87. The van der Waals surface area contributed by atoms with Crippen molar-refractivity contribution in [2.24, 2.45) is 5.14 Å². The van der Waals surface area contributed by atoms with Crippen molar-refractivity contribution in [1.29, 1.82) is 0 Å². The summed E-state index contributed by atoms with van der Waals surface area (Å²) in [6, 6.07) is 2.09. The van der Waals surface area contributed by atoms with Gasteiger partial charge in [-0.25, -0.2) is 0 Å². The maximum atomic E-state index is 5.49. The van der Waals surface area contributed by atoms with Gasteiger partial charge in [-0.05, 0) is 44.4 Å². The monoisotopic (exact) mass is 212 g/mol. The van der Waals surface area contributed by atoms with E-state index in [2.05, 4.69) is 23.0 Å². The summed E-state index contributed by atoms with van der Waals surface area (Å²) in [6.07, 6.45) is 1.33. The highest BCUT2D eigenvalue weighted by atomic mass is 32.2. The molecule has 0 unspecified atom stereocenters. The van der Waals surface area contributed by atoms with Gasteiger partial charge in [-0.2, -0.15) is 5.10 Å². The Labute approximate surface area is 88.6 Å². The fourth-order valence-corrected chi connectivity index (χ4v) is 2.01. The SMILES string of the molecule is CCn1nc(SN)cc1CN1CCC1. The fourth-order valence-electron chi connectivity index (χ4n) is 1.66. The van der Waals surface area contributed by atoms with Crippen molar-refractivity contribution < 1.29 is 0 Å². The molecule has 1 aromatic rings. The van der Waals surface area contributed by atoms with E-state index in [9.17, 15) is 0 Å². The predicted octanol–water partition coefficient (Wildman–Crippen LogP) is 1.07. The highest BCUT2D eigenvalue weighted by Gasteiger charge is 2.16. The minimum absolute atomic E-state index is 0.919. The van der Waals surface area contributed by atoms with Gasteiger partial charge in [0.2, 0.25) is 0 Å². The van der Waals surface area contributed by atoms with Gasteiger partial charge in [0.25, 0.3) is 0 Å². The topological polar surface area (TPSA) is 47.1 Å². The highest BCUT2D eigenvalue weighted by Crippen LogP contribution is 2.17. The number of likely N-dealkylation sites (tertiary alicyclic amines) is 1. The first-order valence-electron chi connectivity index (χ1n) is 4.99. The van der Waals surface area contributed by atoms with Gasteiger partial charge in [0.1, 0.15) is 5.03 Å². The second kappa shape index (κ2) is 4.33. The maximum absolute atomic E-state index is 5.49. The molecular formula is C9H16N4S. The molecule has 1 aliphatic rings. The number of nitrogens with two attached hydrogens (primary N) is 1. The van der Waals surface area contributed by atoms with Gasteiger partial charge in [0, 0.05) is 13.1 Å². The van der Waals surface area contributed by atoms with E-state index in [1.54, 1.807) is 0 Å². The van der Waals surface area contributed by atoms with Gasteiger partial charge in [-0.3, -0.25) is 14.7 Å². The van der Waals surface area contributed by atoms with E-state index >= 15 is 0 Å². The van der Waals surface area contributed by atoms with Gasteiger partial charge in [0.05, 0.1) is 5.69 Å². The molecule has 1 fully saturated rings. The zero-order chi connectivity index (χ0) is 9.97. The Hall–Kier alpha value is -0.520. The molecule has 1 aliphatic heterocycles. The summed E-state index contributed by atoms with van der Waals surface area (Å²) >= 11 is 1.22. The van der Waals surface area contributed by atoms with E-state index in [0.29, 0.717) is 0 Å². The van der Waals surface area contributed by atoms with E-state index in [0.717, 1.165) is 18.1 Å². The quantitative estimate of drug-likeness (QED) is 0.759. The van der Waals surface area contributed by atoms with Crippen molar-refractivity contribution in [3.05, 3.63) is 11.8 Å². The summed E-state index contributed by atoms with van der Waals surface area (Å²) in [7, 11) is 0. The number of aryl methyl sites for hydroxylation is 1. The first kappa shape index (κ1) is 10.0. The minimum Gasteiger partial charge on any atom is -0.297 e. The molecular weight excluding hydrogens is 196 g/mol. The number of nitrogens with zero attached hydrogens (tertiary/aromatic N) is 3. The molecule has 14 heavy (non-hydrogen) atoms. The fraction of sp³-hybridized carbons (Fsp3) is 0.667. The Balaban J connectivity index is 2.08. The van der Waals surface area contributed by atoms with E-state index in [4.69, 9.17) is 5.14 Å². The van der Waals surface area contributed by atoms with Crippen LogP contribution in [0.3, 0.4) is 0 Å². The molecule has 2 heterocycles. The van der Waals surface area contributed by atoms with Crippen molar-refractivity contribution >= 4 is 11.9 Å². The van der Waals surface area contributed by atoms with Gasteiger partial charge in [-0.1, -0.05) is 0 Å². The molecule has 0 aliphatic carbocycles. The molecule has 2 rings (SSSR count). The average Bonchev–Trinajstić information content (AvgIpc) is 2.53. The normalized spacial score (nSPS) is 17.0. The lowest BCUT2D eigenvalue weighted by atomic mass is 10.2. The van der Waals surface area contributed by atoms with Crippen LogP contribution in [0.15, 0.2) is 11.1 Å². The number of hydrogen-bond donors (Lipinski definition) is 1. The third-order valence-electron chi connectivity index (χ3n) is 2.60. The Kier molecular flexibility index (Phi) is 3.10. The molecule has 1 saturated heterocycles. The molecule has 0 radical (unpaired) electrons. The van der Waals surface area contributed by atoms with Crippen LogP contribution in [0.25, 0.3) is 0 Å². The smallest absolute Gasteiger partial charge is 0.133 e. The van der Waals surface area contributed by atoms with Crippen LogP contribution in [0, 0.1) is 0 Å². The summed E-state index contributed by atoms with van der Waals surface area (Å²) in [5.74, 6) is 0. The van der Waals surface area contributed by atoms with Crippen molar-refractivity contribution in [2.75, 3.05) is 13.1 Å². The zero-order valence-electron chi connectivity index (χ0n) is 8.44. The second-order valence-electron chi connectivity index (χ2n) is 3.54. The Morgan fingerprint density at radius 1 is 1.57 bits per heavy atom. The van der Waals surface area contributed by atoms with Gasteiger partial charge >= 0.3 is 0 Å². The third-order valence-corrected chi connectivity index (χ3v) is 3.04. The van der Waals surface area contributed by atoms with E-state index < -0.39 is 0 Å². The standard InChI is InChI=1S/C9H16N4S/c1-2-13-8(6-9(11-13)14-10)7-12-4-3-5-12/h6H,2-5,7,10H2,1H3. The molecule has 0 atom stereocenters. The maximum Gasteiger partial charge on any atom is 0.133 e. The van der Waals surface area contributed by atoms with Crippen LogP contribution in [-0.4, -0.2) is 27.8 Å². The van der Waals surface area contributed by atoms with Crippen LogP contribution >= 0.6 is 11.9 Å². The van der Waals surface area contributed by atoms with Crippen LogP contribution in [0.5, 0.6) is 0 Å². The largest absolute Gasteiger partial charge is 0.297 e. The van der Waals surface area contributed by atoms with Crippen molar-refractivity contribution in [3.63, 3.8) is 0 Å². The zero-order valence-corrected chi connectivity index (χ0v) is 9.26. The summed E-state index contributed by atoms with van der Waals surface area (Å²) < 4.78 is 2.04. The summed E-state index contributed by atoms with van der Waals surface area (Å²) in [6.45, 7) is 6.49. The van der Waals surface area contributed by atoms with E-state index in [-0.39, 0.29) is 0 Å². The first-order chi connectivity index (χ1) is 6.83.